The molecule has 0 atom stereocenters. The van der Waals surface area contributed by atoms with Gasteiger partial charge in [-0.15, -0.1) is 4.28 Å². The van der Waals surface area contributed by atoms with Gasteiger partial charge >= 0.3 is 29.6 Å². The summed E-state index contributed by atoms with van der Waals surface area (Å²) in [6.45, 7) is 5.12. The molecule has 0 saturated carbocycles. The van der Waals surface area contributed by atoms with Crippen LogP contribution in [-0.2, 0) is 19.2 Å². The first-order valence-corrected chi connectivity index (χ1v) is 5.93. The Labute approximate surface area is 114 Å². The third-order valence-electron chi connectivity index (χ3n) is 1.45. The molecule has 1 N–H and O–H groups in total. The Bertz CT molecular complexity index is 294. The molecule has 0 unspecified atom stereocenters. The van der Waals surface area contributed by atoms with Crippen molar-refractivity contribution in [2.75, 3.05) is 5.75 Å². The average molecular weight is 245 g/mol. The Balaban J connectivity index is -0.000000845. The van der Waals surface area contributed by atoms with Crippen molar-refractivity contribution >= 4 is 16.0 Å². The topological polar surface area (TPSA) is 72.5 Å². The molecular formula is C8H16NNaO4S. The Morgan fingerprint density at radius 2 is 2.13 bits per heavy atom. The zero-order valence-electron chi connectivity index (χ0n) is 10.2. The first-order valence-electron chi connectivity index (χ1n) is 4.35. The van der Waals surface area contributed by atoms with Gasteiger partial charge in [0.05, 0.1) is 5.75 Å². The minimum Gasteiger partial charge on any atom is -1.00 e. The molecule has 0 spiro atoms. The van der Waals surface area contributed by atoms with Crippen LogP contribution in [0.4, 0.5) is 0 Å². The van der Waals surface area contributed by atoms with E-state index in [1.807, 2.05) is 6.92 Å². The van der Waals surface area contributed by atoms with Gasteiger partial charge in [0.15, 0.2) is 0 Å². The van der Waals surface area contributed by atoms with Crippen molar-refractivity contribution in [2.45, 2.75) is 26.2 Å². The molecule has 7 heteroatoms. The van der Waals surface area contributed by atoms with Crippen molar-refractivity contribution in [2.24, 2.45) is 0 Å². The van der Waals surface area contributed by atoms with Crippen LogP contribution in [-0.4, -0.2) is 20.1 Å². The first kappa shape index (κ1) is 17.5. The molecule has 0 saturated heterocycles. The molecule has 0 aromatic heterocycles. The Morgan fingerprint density at radius 1 is 1.53 bits per heavy atom. The zero-order valence-corrected chi connectivity index (χ0v) is 12.0. The van der Waals surface area contributed by atoms with Crippen molar-refractivity contribution in [3.63, 3.8) is 0 Å². The summed E-state index contributed by atoms with van der Waals surface area (Å²) < 4.78 is 26.3. The molecule has 0 aliphatic carbocycles. The van der Waals surface area contributed by atoms with Gasteiger partial charge in [0.25, 0.3) is 16.0 Å². The fraction of sp³-hybridized carbons (Fsp3) is 0.625. The normalized spacial score (nSPS) is 10.2. The van der Waals surface area contributed by atoms with Gasteiger partial charge in [-0.3, -0.25) is 4.79 Å². The number of unbranched alkanes of at least 4 members (excludes halogenated alkanes) is 2. The van der Waals surface area contributed by atoms with Gasteiger partial charge in [-0.1, -0.05) is 26.3 Å². The van der Waals surface area contributed by atoms with E-state index in [4.69, 9.17) is 0 Å². The molecule has 0 bridgehead atoms. The largest absolute Gasteiger partial charge is 1.00 e. The van der Waals surface area contributed by atoms with E-state index in [-0.39, 0.29) is 36.7 Å². The van der Waals surface area contributed by atoms with Crippen LogP contribution >= 0.6 is 0 Å². The summed E-state index contributed by atoms with van der Waals surface area (Å²) in [6, 6.07) is 0. The van der Waals surface area contributed by atoms with Gasteiger partial charge in [0, 0.05) is 0 Å². The van der Waals surface area contributed by atoms with Gasteiger partial charge in [0.1, 0.15) is 0 Å². The summed E-state index contributed by atoms with van der Waals surface area (Å²) in [7, 11) is -3.64. The molecule has 0 aromatic carbocycles. The molecule has 0 radical (unpaired) electrons. The zero-order chi connectivity index (χ0) is 11.0. The van der Waals surface area contributed by atoms with Crippen molar-refractivity contribution < 1.29 is 48.5 Å². The van der Waals surface area contributed by atoms with Crippen molar-refractivity contribution in [3.05, 3.63) is 12.7 Å². The molecular weight excluding hydrogens is 229 g/mol. The summed E-state index contributed by atoms with van der Waals surface area (Å²) in [6.07, 6.45) is 3.21. The molecule has 0 heterocycles. The van der Waals surface area contributed by atoms with Gasteiger partial charge in [0.2, 0.25) is 0 Å². The number of nitrogens with one attached hydrogen (secondary N) is 1. The smallest absolute Gasteiger partial charge is 1.00 e. The monoisotopic (exact) mass is 245 g/mol. The fourth-order valence-corrected chi connectivity index (χ4v) is 1.57. The van der Waals surface area contributed by atoms with Crippen molar-refractivity contribution in [3.8, 4) is 0 Å². The van der Waals surface area contributed by atoms with E-state index < -0.39 is 16.0 Å². The van der Waals surface area contributed by atoms with Crippen LogP contribution in [0.5, 0.6) is 0 Å². The summed E-state index contributed by atoms with van der Waals surface area (Å²) in [5, 5.41) is 0. The second kappa shape index (κ2) is 9.35. The molecule has 5 nitrogen and oxygen atoms in total. The van der Waals surface area contributed by atoms with Crippen LogP contribution in [0.3, 0.4) is 0 Å². The van der Waals surface area contributed by atoms with E-state index >= 15 is 0 Å². The standard InChI is InChI=1S/C8H15NO4S.Na.H/c1-3-5-6-7-14(11,12)13-9-8(10)4-2;;/h4H,2-3,5-7H2,1H3,(H,9,10);;/q;+1;-1. The van der Waals surface area contributed by atoms with E-state index in [1.165, 1.54) is 0 Å². The number of amides is 1. The molecule has 0 aliphatic rings. The number of carbonyl (C=O) groups excluding carboxylic acids is 1. The number of hydrogen-bond acceptors (Lipinski definition) is 4. The quantitative estimate of drug-likeness (QED) is 0.240. The molecule has 0 aliphatic heterocycles. The molecule has 84 valence electrons. The third kappa shape index (κ3) is 10.4. The Kier molecular flexibility index (Phi) is 10.9. The third-order valence-corrected chi connectivity index (χ3v) is 2.58. The molecule has 0 fully saturated rings. The van der Waals surface area contributed by atoms with Gasteiger partial charge < -0.3 is 1.43 Å². The maximum atomic E-state index is 11.1. The van der Waals surface area contributed by atoms with Gasteiger partial charge in [-0.2, -0.15) is 8.42 Å². The van der Waals surface area contributed by atoms with Crippen molar-refractivity contribution in [1.29, 1.82) is 0 Å². The second-order valence-electron chi connectivity index (χ2n) is 2.72. The summed E-state index contributed by atoms with van der Waals surface area (Å²) >= 11 is 0. The average Bonchev–Trinajstić information content (AvgIpc) is 2.14. The van der Waals surface area contributed by atoms with Crippen LogP contribution < -0.4 is 35.0 Å². The first-order chi connectivity index (χ1) is 6.52. The number of hydrogen-bond donors (Lipinski definition) is 1. The molecule has 15 heavy (non-hydrogen) atoms. The van der Waals surface area contributed by atoms with Crippen LogP contribution in [0, 0.1) is 0 Å². The minimum atomic E-state index is -3.64. The number of rotatable bonds is 7. The minimum absolute atomic E-state index is 0. The van der Waals surface area contributed by atoms with E-state index in [0.29, 0.717) is 6.42 Å². The number of carbonyl (C=O) groups is 1. The predicted octanol–water partition coefficient (Wildman–Crippen LogP) is -2.14. The second-order valence-corrected chi connectivity index (χ2v) is 4.41. The molecule has 0 rings (SSSR count). The van der Waals surface area contributed by atoms with Crippen LogP contribution in [0.2, 0.25) is 0 Å². The SMILES string of the molecule is C=CC(=O)NOS(=O)(=O)CCCCC.[H-].[Na+]. The van der Waals surface area contributed by atoms with Crippen LogP contribution in [0.1, 0.15) is 27.6 Å². The van der Waals surface area contributed by atoms with E-state index in [1.54, 1.807) is 5.48 Å². The van der Waals surface area contributed by atoms with Crippen molar-refractivity contribution in [1.82, 2.24) is 5.48 Å². The van der Waals surface area contributed by atoms with Gasteiger partial charge in [-0.25, -0.2) is 5.48 Å². The van der Waals surface area contributed by atoms with Crippen LogP contribution in [0.15, 0.2) is 12.7 Å². The van der Waals surface area contributed by atoms with E-state index in [0.717, 1.165) is 18.9 Å². The summed E-state index contributed by atoms with van der Waals surface area (Å²) in [5.74, 6) is -0.762. The summed E-state index contributed by atoms with van der Waals surface area (Å²) in [5.41, 5.74) is 1.75. The van der Waals surface area contributed by atoms with E-state index in [2.05, 4.69) is 10.9 Å². The fourth-order valence-electron chi connectivity index (χ4n) is 0.717. The Morgan fingerprint density at radius 3 is 2.60 bits per heavy atom. The summed E-state index contributed by atoms with van der Waals surface area (Å²) in [4.78, 5) is 10.6. The van der Waals surface area contributed by atoms with Crippen LogP contribution in [0.25, 0.3) is 0 Å². The Hall–Kier alpha value is 0.120. The predicted molar refractivity (Wildman–Crippen MR) is 53.8 cm³/mol. The molecule has 0 aromatic rings. The van der Waals surface area contributed by atoms with E-state index in [9.17, 15) is 13.2 Å². The number of hydroxylamine groups is 1. The maximum absolute atomic E-state index is 11.1. The molecule has 1 amide bonds. The van der Waals surface area contributed by atoms with Gasteiger partial charge in [-0.05, 0) is 12.5 Å². The maximum Gasteiger partial charge on any atom is 1.00 e.